The van der Waals surface area contributed by atoms with Crippen LogP contribution in [-0.2, 0) is 14.3 Å². The Kier molecular flexibility index (Phi) is 9.03. The summed E-state index contributed by atoms with van der Waals surface area (Å²) in [7, 11) is 1.87. The van der Waals surface area contributed by atoms with Crippen molar-refractivity contribution < 1.29 is 14.3 Å². The highest BCUT2D eigenvalue weighted by atomic mass is 16.6. The Labute approximate surface area is 79.6 Å². The Bertz CT molecular complexity index is 128. The zero-order valence-corrected chi connectivity index (χ0v) is 8.47. The zero-order chi connectivity index (χ0) is 9.94. The van der Waals surface area contributed by atoms with Crippen molar-refractivity contribution in [3.8, 4) is 0 Å². The summed E-state index contributed by atoms with van der Waals surface area (Å²) >= 11 is 0. The molecule has 13 heavy (non-hydrogen) atoms. The Hall–Kier alpha value is -0.610. The lowest BCUT2D eigenvalue weighted by Gasteiger charge is -2.04. The van der Waals surface area contributed by atoms with Gasteiger partial charge < -0.3 is 14.8 Å². The predicted octanol–water partition coefficient (Wildman–Crippen LogP) is 0.566. The van der Waals surface area contributed by atoms with E-state index in [1.165, 1.54) is 0 Å². The number of nitrogens with one attached hydrogen (secondary N) is 1. The second kappa shape index (κ2) is 9.48. The Morgan fingerprint density at radius 1 is 1.31 bits per heavy atom. The van der Waals surface area contributed by atoms with Crippen molar-refractivity contribution >= 4 is 5.97 Å². The molecule has 4 heteroatoms. The van der Waals surface area contributed by atoms with Crippen molar-refractivity contribution in [3.63, 3.8) is 0 Å². The van der Waals surface area contributed by atoms with E-state index in [9.17, 15) is 4.79 Å². The minimum atomic E-state index is -0.139. The molecule has 0 atom stereocenters. The van der Waals surface area contributed by atoms with Gasteiger partial charge in [0, 0.05) is 13.0 Å². The SMILES string of the molecule is CCCC(=O)OCCOCCNC. The van der Waals surface area contributed by atoms with Gasteiger partial charge in [-0.1, -0.05) is 6.92 Å². The van der Waals surface area contributed by atoms with E-state index in [1.54, 1.807) is 0 Å². The normalized spacial score (nSPS) is 10.0. The molecule has 0 aromatic rings. The Morgan fingerprint density at radius 3 is 2.69 bits per heavy atom. The molecule has 0 heterocycles. The van der Waals surface area contributed by atoms with Crippen LogP contribution in [0, 0.1) is 0 Å². The van der Waals surface area contributed by atoms with Gasteiger partial charge in [0.25, 0.3) is 0 Å². The van der Waals surface area contributed by atoms with Gasteiger partial charge in [-0.25, -0.2) is 0 Å². The summed E-state index contributed by atoms with van der Waals surface area (Å²) in [5, 5.41) is 2.95. The highest BCUT2D eigenvalue weighted by molar-refractivity contribution is 5.69. The molecule has 0 spiro atoms. The zero-order valence-electron chi connectivity index (χ0n) is 8.47. The third-order valence-electron chi connectivity index (χ3n) is 1.44. The fourth-order valence-corrected chi connectivity index (χ4v) is 0.767. The largest absolute Gasteiger partial charge is 0.463 e. The summed E-state index contributed by atoms with van der Waals surface area (Å²) in [5.41, 5.74) is 0. The molecule has 78 valence electrons. The first-order chi connectivity index (χ1) is 6.31. The molecular weight excluding hydrogens is 170 g/mol. The highest BCUT2D eigenvalue weighted by Gasteiger charge is 1.98. The van der Waals surface area contributed by atoms with Crippen LogP contribution in [0.2, 0.25) is 0 Å². The molecule has 0 saturated carbocycles. The number of rotatable bonds is 8. The van der Waals surface area contributed by atoms with Crippen LogP contribution in [0.5, 0.6) is 0 Å². The van der Waals surface area contributed by atoms with Crippen LogP contribution >= 0.6 is 0 Å². The minimum absolute atomic E-state index is 0.139. The summed E-state index contributed by atoms with van der Waals surface area (Å²) < 4.78 is 10.0. The maximum atomic E-state index is 10.8. The highest BCUT2D eigenvalue weighted by Crippen LogP contribution is 1.90. The molecule has 0 rings (SSSR count). The Balaban J connectivity index is 3.02. The first-order valence-electron chi connectivity index (χ1n) is 4.69. The van der Waals surface area contributed by atoms with E-state index in [0.29, 0.717) is 26.2 Å². The molecular formula is C9H19NO3. The van der Waals surface area contributed by atoms with Crippen molar-refractivity contribution in [1.82, 2.24) is 5.32 Å². The van der Waals surface area contributed by atoms with Crippen LogP contribution < -0.4 is 5.32 Å². The smallest absolute Gasteiger partial charge is 0.305 e. The van der Waals surface area contributed by atoms with Crippen molar-refractivity contribution in [2.24, 2.45) is 0 Å². The summed E-state index contributed by atoms with van der Waals surface area (Å²) in [6.07, 6.45) is 1.33. The molecule has 0 aromatic carbocycles. The van der Waals surface area contributed by atoms with Gasteiger partial charge in [-0.2, -0.15) is 0 Å². The lowest BCUT2D eigenvalue weighted by Crippen LogP contribution is -2.17. The van der Waals surface area contributed by atoms with Crippen LogP contribution in [0.4, 0.5) is 0 Å². The number of likely N-dealkylation sites (N-methyl/N-ethyl adjacent to an activating group) is 1. The van der Waals surface area contributed by atoms with Gasteiger partial charge in [-0.3, -0.25) is 4.79 Å². The van der Waals surface area contributed by atoms with Crippen LogP contribution in [-0.4, -0.2) is 39.4 Å². The second-order valence-corrected chi connectivity index (χ2v) is 2.69. The van der Waals surface area contributed by atoms with Crippen LogP contribution in [0.1, 0.15) is 19.8 Å². The van der Waals surface area contributed by atoms with Gasteiger partial charge in [-0.05, 0) is 13.5 Å². The number of hydrogen-bond acceptors (Lipinski definition) is 4. The fourth-order valence-electron chi connectivity index (χ4n) is 0.767. The topological polar surface area (TPSA) is 47.6 Å². The molecule has 4 nitrogen and oxygen atoms in total. The molecule has 0 fully saturated rings. The van der Waals surface area contributed by atoms with Crippen LogP contribution in [0.3, 0.4) is 0 Å². The van der Waals surface area contributed by atoms with Crippen LogP contribution in [0.15, 0.2) is 0 Å². The van der Waals surface area contributed by atoms with Crippen molar-refractivity contribution in [3.05, 3.63) is 0 Å². The lowest BCUT2D eigenvalue weighted by molar-refractivity contribution is -0.145. The summed E-state index contributed by atoms with van der Waals surface area (Å²) in [5.74, 6) is -0.139. The fraction of sp³-hybridized carbons (Fsp3) is 0.889. The van der Waals surface area contributed by atoms with Gasteiger partial charge in [0.15, 0.2) is 0 Å². The summed E-state index contributed by atoms with van der Waals surface area (Å²) in [6, 6.07) is 0. The maximum absolute atomic E-state index is 10.8. The first-order valence-corrected chi connectivity index (χ1v) is 4.69. The standard InChI is InChI=1S/C9H19NO3/c1-3-4-9(11)13-8-7-12-6-5-10-2/h10H,3-8H2,1-2H3. The molecule has 0 aliphatic carbocycles. The number of esters is 1. The van der Waals surface area contributed by atoms with E-state index in [4.69, 9.17) is 9.47 Å². The van der Waals surface area contributed by atoms with E-state index in [0.717, 1.165) is 13.0 Å². The summed E-state index contributed by atoms with van der Waals surface area (Å²) in [4.78, 5) is 10.8. The van der Waals surface area contributed by atoms with E-state index in [1.807, 2.05) is 14.0 Å². The molecule has 1 N–H and O–H groups in total. The first kappa shape index (κ1) is 12.4. The monoisotopic (exact) mass is 189 g/mol. The molecule has 0 aliphatic rings. The maximum Gasteiger partial charge on any atom is 0.305 e. The molecule has 0 radical (unpaired) electrons. The lowest BCUT2D eigenvalue weighted by atomic mass is 10.3. The number of carbonyl (C=O) groups excluding carboxylic acids is 1. The minimum Gasteiger partial charge on any atom is -0.463 e. The van der Waals surface area contributed by atoms with E-state index < -0.39 is 0 Å². The van der Waals surface area contributed by atoms with E-state index in [-0.39, 0.29) is 5.97 Å². The van der Waals surface area contributed by atoms with Gasteiger partial charge >= 0.3 is 5.97 Å². The van der Waals surface area contributed by atoms with Crippen LogP contribution in [0.25, 0.3) is 0 Å². The molecule has 0 amide bonds. The molecule has 0 aliphatic heterocycles. The van der Waals surface area contributed by atoms with Crippen molar-refractivity contribution in [2.45, 2.75) is 19.8 Å². The van der Waals surface area contributed by atoms with Crippen molar-refractivity contribution in [1.29, 1.82) is 0 Å². The van der Waals surface area contributed by atoms with Gasteiger partial charge in [0.05, 0.1) is 13.2 Å². The molecule has 0 unspecified atom stereocenters. The van der Waals surface area contributed by atoms with Gasteiger partial charge in [0.2, 0.25) is 0 Å². The number of ether oxygens (including phenoxy) is 2. The van der Waals surface area contributed by atoms with E-state index >= 15 is 0 Å². The average Bonchev–Trinajstić information content (AvgIpc) is 2.11. The molecule has 0 saturated heterocycles. The van der Waals surface area contributed by atoms with Gasteiger partial charge in [0.1, 0.15) is 6.61 Å². The Morgan fingerprint density at radius 2 is 2.08 bits per heavy atom. The third kappa shape index (κ3) is 9.30. The van der Waals surface area contributed by atoms with E-state index in [2.05, 4.69) is 5.32 Å². The number of hydrogen-bond donors (Lipinski definition) is 1. The average molecular weight is 189 g/mol. The van der Waals surface area contributed by atoms with Gasteiger partial charge in [-0.15, -0.1) is 0 Å². The molecule has 0 aromatic heterocycles. The predicted molar refractivity (Wildman–Crippen MR) is 50.6 cm³/mol. The summed E-state index contributed by atoms with van der Waals surface area (Å²) in [6.45, 7) is 4.27. The van der Waals surface area contributed by atoms with Crippen molar-refractivity contribution in [2.75, 3.05) is 33.4 Å². The number of carbonyl (C=O) groups is 1. The third-order valence-corrected chi connectivity index (χ3v) is 1.44. The second-order valence-electron chi connectivity index (χ2n) is 2.69. The quantitative estimate of drug-likeness (QED) is 0.448. The molecule has 0 bridgehead atoms.